The van der Waals surface area contributed by atoms with Crippen LogP contribution in [0.5, 0.6) is 11.5 Å². The number of benzene rings is 2. The van der Waals surface area contributed by atoms with Crippen molar-refractivity contribution in [3.05, 3.63) is 47.0 Å². The van der Waals surface area contributed by atoms with Crippen LogP contribution < -0.4 is 0 Å². The van der Waals surface area contributed by atoms with Crippen molar-refractivity contribution in [1.82, 2.24) is 0 Å². The van der Waals surface area contributed by atoms with Gasteiger partial charge in [-0.05, 0) is 24.8 Å². The van der Waals surface area contributed by atoms with E-state index in [1.807, 2.05) is 51.1 Å². The van der Waals surface area contributed by atoms with E-state index in [0.29, 0.717) is 24.3 Å². The molecule has 0 unspecified atom stereocenters. The molecule has 0 aliphatic carbocycles. The molecule has 2 aromatic carbocycles. The monoisotopic (exact) mass is 270 g/mol. The molecule has 0 aliphatic heterocycles. The Labute approximate surface area is 120 Å². The standard InChI is InChI=1S/C18H22O2/c1-4-13-14(5-2)18(20)16(15(6-3)17(13)19)12-10-8-7-9-11-12/h7-11,19-20H,4-6H2,1-3H3. The molecule has 2 aromatic rings. The number of phenolic OH excluding ortho intramolecular Hbond substituents is 2. The molecule has 2 nitrogen and oxygen atoms in total. The molecule has 0 bridgehead atoms. The summed E-state index contributed by atoms with van der Waals surface area (Å²) < 4.78 is 0. The van der Waals surface area contributed by atoms with Crippen molar-refractivity contribution in [2.24, 2.45) is 0 Å². The van der Waals surface area contributed by atoms with Gasteiger partial charge in [0, 0.05) is 22.3 Å². The fraction of sp³-hybridized carbons (Fsp3) is 0.333. The van der Waals surface area contributed by atoms with Gasteiger partial charge in [-0.25, -0.2) is 0 Å². The summed E-state index contributed by atoms with van der Waals surface area (Å²) in [5.41, 5.74) is 4.31. The molecule has 0 aliphatic rings. The van der Waals surface area contributed by atoms with Crippen LogP contribution in [0.2, 0.25) is 0 Å². The zero-order valence-electron chi connectivity index (χ0n) is 12.4. The summed E-state index contributed by atoms with van der Waals surface area (Å²) in [5, 5.41) is 21.2. The van der Waals surface area contributed by atoms with Crippen LogP contribution in [0.25, 0.3) is 11.1 Å². The Kier molecular flexibility index (Phi) is 4.33. The summed E-state index contributed by atoms with van der Waals surface area (Å²) >= 11 is 0. The summed E-state index contributed by atoms with van der Waals surface area (Å²) in [6.45, 7) is 6.02. The van der Waals surface area contributed by atoms with E-state index in [-0.39, 0.29) is 0 Å². The lowest BCUT2D eigenvalue weighted by molar-refractivity contribution is 0.445. The van der Waals surface area contributed by atoms with Crippen molar-refractivity contribution in [3.63, 3.8) is 0 Å². The topological polar surface area (TPSA) is 40.5 Å². The number of phenols is 2. The van der Waals surface area contributed by atoms with Crippen LogP contribution in [0.1, 0.15) is 37.5 Å². The SMILES string of the molecule is CCc1c(O)c(CC)c(-c2ccccc2)c(O)c1CC. The van der Waals surface area contributed by atoms with E-state index in [1.54, 1.807) is 0 Å². The van der Waals surface area contributed by atoms with E-state index >= 15 is 0 Å². The van der Waals surface area contributed by atoms with Crippen LogP contribution in [0.3, 0.4) is 0 Å². The highest BCUT2D eigenvalue weighted by Gasteiger charge is 2.21. The zero-order chi connectivity index (χ0) is 14.7. The van der Waals surface area contributed by atoms with E-state index in [2.05, 4.69) is 0 Å². The molecule has 20 heavy (non-hydrogen) atoms. The second-order valence-electron chi connectivity index (χ2n) is 4.93. The maximum atomic E-state index is 10.7. The smallest absolute Gasteiger partial charge is 0.127 e. The second kappa shape index (κ2) is 6.00. The first-order chi connectivity index (χ1) is 9.65. The molecule has 106 valence electrons. The molecule has 0 fully saturated rings. The number of rotatable bonds is 4. The Morgan fingerprint density at radius 2 is 1.20 bits per heavy atom. The van der Waals surface area contributed by atoms with Crippen molar-refractivity contribution in [3.8, 4) is 22.6 Å². The van der Waals surface area contributed by atoms with Crippen LogP contribution in [-0.4, -0.2) is 10.2 Å². The summed E-state index contributed by atoms with van der Waals surface area (Å²) in [4.78, 5) is 0. The molecule has 0 spiro atoms. The van der Waals surface area contributed by atoms with Gasteiger partial charge in [-0.15, -0.1) is 0 Å². The van der Waals surface area contributed by atoms with Crippen LogP contribution in [0.15, 0.2) is 30.3 Å². The van der Waals surface area contributed by atoms with Crippen LogP contribution in [0, 0.1) is 0 Å². The Balaban J connectivity index is 2.83. The molecule has 0 aromatic heterocycles. The van der Waals surface area contributed by atoms with Crippen LogP contribution in [-0.2, 0) is 19.3 Å². The molecule has 0 radical (unpaired) electrons. The molecule has 0 saturated heterocycles. The lowest BCUT2D eigenvalue weighted by Crippen LogP contribution is -2.00. The predicted molar refractivity (Wildman–Crippen MR) is 83.3 cm³/mol. The molecule has 2 rings (SSSR count). The van der Waals surface area contributed by atoms with E-state index in [4.69, 9.17) is 0 Å². The summed E-state index contributed by atoms with van der Waals surface area (Å²) in [6, 6.07) is 9.79. The van der Waals surface area contributed by atoms with Crippen LogP contribution >= 0.6 is 0 Å². The minimum atomic E-state index is 0.324. The van der Waals surface area contributed by atoms with Gasteiger partial charge in [0.15, 0.2) is 0 Å². The first kappa shape index (κ1) is 14.4. The fourth-order valence-electron chi connectivity index (χ4n) is 2.90. The molecule has 0 amide bonds. The number of hydrogen-bond donors (Lipinski definition) is 2. The van der Waals surface area contributed by atoms with Gasteiger partial charge in [-0.1, -0.05) is 51.1 Å². The van der Waals surface area contributed by atoms with Crippen molar-refractivity contribution in [1.29, 1.82) is 0 Å². The van der Waals surface area contributed by atoms with E-state index in [9.17, 15) is 10.2 Å². The average Bonchev–Trinajstić information content (AvgIpc) is 2.49. The maximum Gasteiger partial charge on any atom is 0.127 e. The minimum absolute atomic E-state index is 0.324. The van der Waals surface area contributed by atoms with Gasteiger partial charge in [0.25, 0.3) is 0 Å². The molecule has 2 heteroatoms. The van der Waals surface area contributed by atoms with Crippen molar-refractivity contribution in [2.45, 2.75) is 40.0 Å². The Morgan fingerprint density at radius 3 is 1.70 bits per heavy atom. The number of hydrogen-bond acceptors (Lipinski definition) is 2. The quantitative estimate of drug-likeness (QED) is 0.806. The van der Waals surface area contributed by atoms with Gasteiger partial charge in [-0.2, -0.15) is 0 Å². The van der Waals surface area contributed by atoms with E-state index < -0.39 is 0 Å². The normalized spacial score (nSPS) is 10.8. The average molecular weight is 270 g/mol. The predicted octanol–water partition coefficient (Wildman–Crippen LogP) is 4.45. The number of aromatic hydroxyl groups is 2. The summed E-state index contributed by atoms with van der Waals surface area (Å²) in [6.07, 6.45) is 2.14. The molecule has 2 N–H and O–H groups in total. The lowest BCUT2D eigenvalue weighted by atomic mass is 9.88. The summed E-state index contributed by atoms with van der Waals surface area (Å²) in [7, 11) is 0. The van der Waals surface area contributed by atoms with Crippen molar-refractivity contribution >= 4 is 0 Å². The van der Waals surface area contributed by atoms with Gasteiger partial charge >= 0.3 is 0 Å². The van der Waals surface area contributed by atoms with Gasteiger partial charge in [-0.3, -0.25) is 0 Å². The lowest BCUT2D eigenvalue weighted by Gasteiger charge is -2.20. The third kappa shape index (κ3) is 2.26. The zero-order valence-corrected chi connectivity index (χ0v) is 12.4. The van der Waals surface area contributed by atoms with Gasteiger partial charge in [0.1, 0.15) is 11.5 Å². The van der Waals surface area contributed by atoms with Crippen LogP contribution in [0.4, 0.5) is 0 Å². The second-order valence-corrected chi connectivity index (χ2v) is 4.93. The van der Waals surface area contributed by atoms with Gasteiger partial charge in [0.2, 0.25) is 0 Å². The molecule has 0 atom stereocenters. The Hall–Kier alpha value is -1.96. The third-order valence-electron chi connectivity index (χ3n) is 3.88. The molecule has 0 saturated carbocycles. The summed E-state index contributed by atoms with van der Waals surface area (Å²) in [5.74, 6) is 0.675. The fourth-order valence-corrected chi connectivity index (χ4v) is 2.90. The largest absolute Gasteiger partial charge is 0.507 e. The molecular weight excluding hydrogens is 248 g/mol. The van der Waals surface area contributed by atoms with E-state index in [1.165, 1.54) is 0 Å². The van der Waals surface area contributed by atoms with Gasteiger partial charge < -0.3 is 10.2 Å². The minimum Gasteiger partial charge on any atom is -0.507 e. The Morgan fingerprint density at radius 1 is 0.700 bits per heavy atom. The van der Waals surface area contributed by atoms with Crippen molar-refractivity contribution in [2.75, 3.05) is 0 Å². The maximum absolute atomic E-state index is 10.7. The molecule has 0 heterocycles. The molecular formula is C18H22O2. The third-order valence-corrected chi connectivity index (χ3v) is 3.88. The van der Waals surface area contributed by atoms with Crippen molar-refractivity contribution < 1.29 is 10.2 Å². The highest BCUT2D eigenvalue weighted by molar-refractivity contribution is 5.79. The highest BCUT2D eigenvalue weighted by atomic mass is 16.3. The highest BCUT2D eigenvalue weighted by Crippen LogP contribution is 2.44. The van der Waals surface area contributed by atoms with E-state index in [0.717, 1.165) is 34.2 Å². The van der Waals surface area contributed by atoms with Gasteiger partial charge in [0.05, 0.1) is 0 Å². The first-order valence-electron chi connectivity index (χ1n) is 7.29. The Bertz CT molecular complexity index is 601. The first-order valence-corrected chi connectivity index (χ1v) is 7.29.